The summed E-state index contributed by atoms with van der Waals surface area (Å²) in [6.45, 7) is -0.127. The van der Waals surface area contributed by atoms with Gasteiger partial charge in [-0.1, -0.05) is 48.5 Å². The van der Waals surface area contributed by atoms with Crippen molar-refractivity contribution in [2.45, 2.75) is 5.92 Å². The van der Waals surface area contributed by atoms with E-state index in [2.05, 4.69) is 4.98 Å². The van der Waals surface area contributed by atoms with Crippen LogP contribution in [0.3, 0.4) is 0 Å². The summed E-state index contributed by atoms with van der Waals surface area (Å²) in [4.78, 5) is 14.6. The Morgan fingerprint density at radius 1 is 1.04 bits per heavy atom. The van der Waals surface area contributed by atoms with Gasteiger partial charge in [0, 0.05) is 15.8 Å². The number of aromatic amines is 1. The molecule has 2 aromatic heterocycles. The maximum absolute atomic E-state index is 11.4. The Morgan fingerprint density at radius 2 is 1.80 bits per heavy atom. The van der Waals surface area contributed by atoms with Crippen LogP contribution < -0.4 is 0 Å². The number of nitrogens with zero attached hydrogens (tertiary/aromatic N) is 1. The molecular weight excluding hydrogens is 332 g/mol. The van der Waals surface area contributed by atoms with Crippen molar-refractivity contribution in [2.75, 3.05) is 6.54 Å². The summed E-state index contributed by atoms with van der Waals surface area (Å²) in [7, 11) is 0. The van der Waals surface area contributed by atoms with Crippen LogP contribution in [-0.2, 0) is 0 Å². The highest BCUT2D eigenvalue weighted by Gasteiger charge is 2.27. The number of rotatable bonds is 5. The van der Waals surface area contributed by atoms with Crippen LogP contribution in [0.2, 0.25) is 0 Å². The van der Waals surface area contributed by atoms with Crippen LogP contribution in [0, 0.1) is 10.1 Å². The highest BCUT2D eigenvalue weighted by molar-refractivity contribution is 7.08. The summed E-state index contributed by atoms with van der Waals surface area (Å²) >= 11 is 1.57. The molecule has 0 saturated heterocycles. The lowest BCUT2D eigenvalue weighted by Gasteiger charge is -2.14. The minimum Gasteiger partial charge on any atom is -0.354 e. The number of benzene rings is 2. The summed E-state index contributed by atoms with van der Waals surface area (Å²) in [5, 5.41) is 16.4. The van der Waals surface area contributed by atoms with Crippen LogP contribution in [0.25, 0.3) is 22.2 Å². The van der Waals surface area contributed by atoms with E-state index in [1.165, 1.54) is 0 Å². The second-order valence-electron chi connectivity index (χ2n) is 5.95. The highest BCUT2D eigenvalue weighted by Crippen LogP contribution is 2.39. The van der Waals surface area contributed by atoms with E-state index in [9.17, 15) is 10.1 Å². The first-order valence-electron chi connectivity index (χ1n) is 8.04. The molecule has 0 aliphatic carbocycles. The van der Waals surface area contributed by atoms with Crippen molar-refractivity contribution in [3.05, 3.63) is 92.7 Å². The molecule has 2 aromatic carbocycles. The first kappa shape index (κ1) is 15.6. The van der Waals surface area contributed by atoms with Gasteiger partial charge in [0.2, 0.25) is 6.54 Å². The van der Waals surface area contributed by atoms with Gasteiger partial charge in [-0.05, 0) is 39.6 Å². The number of H-pyrrole nitrogens is 1. The van der Waals surface area contributed by atoms with E-state index in [0.717, 1.165) is 33.3 Å². The van der Waals surface area contributed by atoms with Crippen LogP contribution in [-0.4, -0.2) is 16.5 Å². The predicted molar refractivity (Wildman–Crippen MR) is 102 cm³/mol. The van der Waals surface area contributed by atoms with Gasteiger partial charge in [-0.15, -0.1) is 0 Å². The number of hydrogen-bond donors (Lipinski definition) is 1. The molecule has 0 bridgehead atoms. The molecule has 0 spiro atoms. The second-order valence-corrected chi connectivity index (χ2v) is 6.73. The normalized spacial score (nSPS) is 12.3. The lowest BCUT2D eigenvalue weighted by Crippen LogP contribution is -2.14. The summed E-state index contributed by atoms with van der Waals surface area (Å²) in [6.07, 6.45) is 0. The minimum absolute atomic E-state index is 0.127. The maximum Gasteiger partial charge on any atom is 0.214 e. The largest absolute Gasteiger partial charge is 0.354 e. The average Bonchev–Trinajstić information content (AvgIpc) is 3.28. The fourth-order valence-electron chi connectivity index (χ4n) is 3.34. The number of nitro groups is 1. The van der Waals surface area contributed by atoms with Crippen LogP contribution in [0.5, 0.6) is 0 Å². The van der Waals surface area contributed by atoms with Crippen LogP contribution in [0.4, 0.5) is 0 Å². The maximum atomic E-state index is 11.4. The molecule has 4 rings (SSSR count). The monoisotopic (exact) mass is 348 g/mol. The molecular formula is C20H16N2O2S. The van der Waals surface area contributed by atoms with Crippen LogP contribution >= 0.6 is 11.3 Å². The molecule has 0 amide bonds. The van der Waals surface area contributed by atoms with E-state index in [1.807, 2.05) is 71.4 Å². The van der Waals surface area contributed by atoms with Crippen molar-refractivity contribution in [1.82, 2.24) is 4.98 Å². The third kappa shape index (κ3) is 2.94. The van der Waals surface area contributed by atoms with Crippen molar-refractivity contribution >= 4 is 22.2 Å². The molecule has 0 fully saturated rings. The van der Waals surface area contributed by atoms with Crippen molar-refractivity contribution in [3.63, 3.8) is 0 Å². The van der Waals surface area contributed by atoms with E-state index in [1.54, 1.807) is 11.3 Å². The molecule has 0 aliphatic rings. The Labute approximate surface area is 148 Å². The van der Waals surface area contributed by atoms with Gasteiger partial charge in [-0.2, -0.15) is 11.3 Å². The molecule has 25 heavy (non-hydrogen) atoms. The van der Waals surface area contributed by atoms with Gasteiger partial charge in [-0.25, -0.2) is 0 Å². The average molecular weight is 348 g/mol. The first-order chi connectivity index (χ1) is 12.2. The second kappa shape index (κ2) is 6.53. The smallest absolute Gasteiger partial charge is 0.214 e. The van der Waals surface area contributed by atoms with E-state index >= 15 is 0 Å². The van der Waals surface area contributed by atoms with Crippen molar-refractivity contribution in [3.8, 4) is 11.3 Å². The molecule has 1 N–H and O–H groups in total. The minimum atomic E-state index is -0.285. The fourth-order valence-corrected chi connectivity index (χ4v) is 4.06. The van der Waals surface area contributed by atoms with E-state index in [-0.39, 0.29) is 17.4 Å². The molecule has 1 unspecified atom stereocenters. The molecule has 0 radical (unpaired) electrons. The fraction of sp³-hybridized carbons (Fsp3) is 0.100. The Bertz CT molecular complexity index is 1010. The lowest BCUT2D eigenvalue weighted by molar-refractivity contribution is -0.481. The Balaban J connectivity index is 1.99. The van der Waals surface area contributed by atoms with Gasteiger partial charge in [0.15, 0.2) is 0 Å². The molecule has 124 valence electrons. The zero-order chi connectivity index (χ0) is 17.2. The summed E-state index contributed by atoms with van der Waals surface area (Å²) in [5.74, 6) is -0.285. The number of para-hydroxylation sites is 1. The van der Waals surface area contributed by atoms with Crippen LogP contribution in [0.15, 0.2) is 71.4 Å². The molecule has 1 atom stereocenters. The molecule has 4 aromatic rings. The van der Waals surface area contributed by atoms with E-state index in [4.69, 9.17) is 0 Å². The molecule has 0 aliphatic heterocycles. The third-order valence-electron chi connectivity index (χ3n) is 4.43. The van der Waals surface area contributed by atoms with Gasteiger partial charge < -0.3 is 4.98 Å². The zero-order valence-corrected chi connectivity index (χ0v) is 14.2. The highest BCUT2D eigenvalue weighted by atomic mass is 32.1. The predicted octanol–water partition coefficient (Wildman–Crippen LogP) is 5.31. The van der Waals surface area contributed by atoms with Gasteiger partial charge in [0.05, 0.1) is 11.6 Å². The number of nitrogens with one attached hydrogen (secondary N) is 1. The SMILES string of the molecule is O=[N+]([O-])CC(c1ccsc1)c1c(-c2ccccc2)[nH]c2ccccc12. The van der Waals surface area contributed by atoms with E-state index < -0.39 is 0 Å². The van der Waals surface area contributed by atoms with Gasteiger partial charge in [0.1, 0.15) is 0 Å². The number of aromatic nitrogens is 1. The Morgan fingerprint density at radius 3 is 2.52 bits per heavy atom. The van der Waals surface area contributed by atoms with Gasteiger partial charge >= 0.3 is 0 Å². The van der Waals surface area contributed by atoms with Gasteiger partial charge in [-0.3, -0.25) is 10.1 Å². The van der Waals surface area contributed by atoms with Crippen molar-refractivity contribution in [2.24, 2.45) is 0 Å². The molecule has 2 heterocycles. The van der Waals surface area contributed by atoms with Crippen molar-refractivity contribution in [1.29, 1.82) is 0 Å². The van der Waals surface area contributed by atoms with Crippen molar-refractivity contribution < 1.29 is 4.92 Å². The molecule has 5 heteroatoms. The molecule has 0 saturated carbocycles. The summed E-state index contributed by atoms with van der Waals surface area (Å²) < 4.78 is 0. The van der Waals surface area contributed by atoms with Crippen LogP contribution in [0.1, 0.15) is 17.0 Å². The number of thiophene rings is 1. The number of fused-ring (bicyclic) bond motifs is 1. The third-order valence-corrected chi connectivity index (χ3v) is 5.14. The topological polar surface area (TPSA) is 58.9 Å². The summed E-state index contributed by atoms with van der Waals surface area (Å²) in [5.41, 5.74) is 4.98. The Hall–Kier alpha value is -2.92. The first-order valence-corrected chi connectivity index (χ1v) is 8.98. The van der Waals surface area contributed by atoms with E-state index in [0.29, 0.717) is 0 Å². The van der Waals surface area contributed by atoms with Gasteiger partial charge in [0.25, 0.3) is 0 Å². The zero-order valence-electron chi connectivity index (χ0n) is 13.4. The Kier molecular flexibility index (Phi) is 4.07. The molecule has 4 nitrogen and oxygen atoms in total. The number of hydrogen-bond acceptors (Lipinski definition) is 3. The lowest BCUT2D eigenvalue weighted by atomic mass is 9.89. The summed E-state index contributed by atoms with van der Waals surface area (Å²) in [6, 6.07) is 20.0. The quantitative estimate of drug-likeness (QED) is 0.393. The standard InChI is InChI=1S/C20H16N2O2S/c23-22(24)12-17(15-10-11-25-13-15)19-16-8-4-5-9-18(16)21-20(19)14-6-2-1-3-7-14/h1-11,13,17,21H,12H2.